The molecule has 3 aromatic rings. The first-order chi connectivity index (χ1) is 9.67. The number of nitrogens with zero attached hydrogens (tertiary/aromatic N) is 1. The highest BCUT2D eigenvalue weighted by Crippen LogP contribution is 2.26. The van der Waals surface area contributed by atoms with Crippen LogP contribution in [0.25, 0.3) is 11.1 Å². The van der Waals surface area contributed by atoms with Crippen LogP contribution in [0.15, 0.2) is 34.7 Å². The molecule has 1 radical (unpaired) electrons. The third kappa shape index (κ3) is 2.21. The zero-order chi connectivity index (χ0) is 14.1. The SMILES string of the molecule is NCc1ccc(F)cc1Nc1nc2cc[c]c(F)c2o1. The average molecular weight is 274 g/mol. The minimum atomic E-state index is -0.624. The highest BCUT2D eigenvalue weighted by molar-refractivity contribution is 5.75. The van der Waals surface area contributed by atoms with Gasteiger partial charge in [0.25, 0.3) is 6.01 Å². The topological polar surface area (TPSA) is 64.1 Å². The van der Waals surface area contributed by atoms with E-state index in [2.05, 4.69) is 16.4 Å². The summed E-state index contributed by atoms with van der Waals surface area (Å²) >= 11 is 0. The Morgan fingerprint density at radius 1 is 1.30 bits per heavy atom. The van der Waals surface area contributed by atoms with Crippen LogP contribution in [0.2, 0.25) is 0 Å². The first-order valence-corrected chi connectivity index (χ1v) is 5.89. The number of benzene rings is 2. The number of anilines is 2. The Morgan fingerprint density at radius 3 is 2.90 bits per heavy atom. The van der Waals surface area contributed by atoms with Gasteiger partial charge >= 0.3 is 0 Å². The molecule has 1 aromatic heterocycles. The smallest absolute Gasteiger partial charge is 0.300 e. The molecule has 6 heteroatoms. The van der Waals surface area contributed by atoms with E-state index >= 15 is 0 Å². The average Bonchev–Trinajstić information content (AvgIpc) is 2.83. The molecule has 0 aliphatic carbocycles. The molecule has 0 saturated heterocycles. The summed E-state index contributed by atoms with van der Waals surface area (Å²) in [5, 5.41) is 2.80. The Morgan fingerprint density at radius 2 is 2.15 bits per heavy atom. The Labute approximate surface area is 113 Å². The standard InChI is InChI=1S/C14H10F2N3O/c15-9-5-4-8(7-17)12(6-9)19-14-18-11-3-1-2-10(16)13(11)20-14/h1,3-6H,7,17H2,(H,18,19). The lowest BCUT2D eigenvalue weighted by Gasteiger charge is -2.07. The number of rotatable bonds is 3. The van der Waals surface area contributed by atoms with Crippen LogP contribution < -0.4 is 11.1 Å². The maximum atomic E-state index is 13.5. The van der Waals surface area contributed by atoms with Crippen molar-refractivity contribution >= 4 is 22.8 Å². The Balaban J connectivity index is 2.01. The van der Waals surface area contributed by atoms with Crippen molar-refractivity contribution in [2.45, 2.75) is 6.54 Å². The van der Waals surface area contributed by atoms with Gasteiger partial charge in [-0.15, -0.1) is 0 Å². The van der Waals surface area contributed by atoms with Gasteiger partial charge in [0.2, 0.25) is 0 Å². The molecule has 2 aromatic carbocycles. The number of nitrogens with one attached hydrogen (secondary N) is 1. The highest BCUT2D eigenvalue weighted by Gasteiger charge is 2.11. The number of halogens is 2. The van der Waals surface area contributed by atoms with E-state index in [1.807, 2.05) is 0 Å². The van der Waals surface area contributed by atoms with Crippen LogP contribution in [0.4, 0.5) is 20.5 Å². The second-order valence-electron chi connectivity index (χ2n) is 4.16. The number of nitrogens with two attached hydrogens (primary N) is 1. The molecule has 0 bridgehead atoms. The molecule has 0 fully saturated rings. The fourth-order valence-corrected chi connectivity index (χ4v) is 1.87. The Hall–Kier alpha value is -2.47. The lowest BCUT2D eigenvalue weighted by Crippen LogP contribution is -2.02. The van der Waals surface area contributed by atoms with E-state index < -0.39 is 11.6 Å². The van der Waals surface area contributed by atoms with Crippen molar-refractivity contribution in [1.82, 2.24) is 4.98 Å². The number of oxazole rings is 1. The monoisotopic (exact) mass is 274 g/mol. The predicted molar refractivity (Wildman–Crippen MR) is 70.4 cm³/mol. The van der Waals surface area contributed by atoms with Gasteiger partial charge < -0.3 is 15.5 Å². The van der Waals surface area contributed by atoms with Gasteiger partial charge in [-0.05, 0) is 29.8 Å². The quantitative estimate of drug-likeness (QED) is 0.770. The Bertz CT molecular complexity index is 770. The number of aromatic nitrogens is 1. The first-order valence-electron chi connectivity index (χ1n) is 5.89. The zero-order valence-corrected chi connectivity index (χ0v) is 10.3. The Kier molecular flexibility index (Phi) is 3.08. The van der Waals surface area contributed by atoms with Crippen molar-refractivity contribution in [1.29, 1.82) is 0 Å². The van der Waals surface area contributed by atoms with Gasteiger partial charge in [-0.3, -0.25) is 0 Å². The van der Waals surface area contributed by atoms with Crippen molar-refractivity contribution in [3.05, 3.63) is 53.6 Å². The molecule has 0 aliphatic heterocycles. The lowest BCUT2D eigenvalue weighted by molar-refractivity contribution is 0.564. The van der Waals surface area contributed by atoms with Crippen molar-refractivity contribution in [2.24, 2.45) is 5.73 Å². The number of hydrogen-bond donors (Lipinski definition) is 2. The molecule has 0 atom stereocenters. The summed E-state index contributed by atoms with van der Waals surface area (Å²) in [6.45, 7) is 0.227. The molecule has 1 heterocycles. The molecule has 20 heavy (non-hydrogen) atoms. The van der Waals surface area contributed by atoms with Crippen molar-refractivity contribution in [2.75, 3.05) is 5.32 Å². The van der Waals surface area contributed by atoms with Crippen LogP contribution in [0, 0.1) is 17.7 Å². The van der Waals surface area contributed by atoms with E-state index in [0.29, 0.717) is 16.8 Å². The lowest BCUT2D eigenvalue weighted by atomic mass is 10.2. The molecule has 101 valence electrons. The second-order valence-corrected chi connectivity index (χ2v) is 4.16. The summed E-state index contributed by atoms with van der Waals surface area (Å²) in [7, 11) is 0. The number of fused-ring (bicyclic) bond motifs is 1. The summed E-state index contributed by atoms with van der Waals surface area (Å²) in [6.07, 6.45) is 0. The molecule has 0 unspecified atom stereocenters. The van der Waals surface area contributed by atoms with Crippen LogP contribution in [0.3, 0.4) is 0 Å². The van der Waals surface area contributed by atoms with E-state index in [1.165, 1.54) is 18.2 Å². The van der Waals surface area contributed by atoms with E-state index in [-0.39, 0.29) is 18.1 Å². The molecule has 3 N–H and O–H groups in total. The van der Waals surface area contributed by atoms with Gasteiger partial charge in [0.1, 0.15) is 11.3 Å². The summed E-state index contributed by atoms with van der Waals surface area (Å²) in [6, 6.07) is 9.58. The normalized spacial score (nSPS) is 10.9. The van der Waals surface area contributed by atoms with Crippen LogP contribution in [0.5, 0.6) is 0 Å². The first kappa shape index (κ1) is 12.6. The van der Waals surface area contributed by atoms with E-state index in [4.69, 9.17) is 10.2 Å². The maximum absolute atomic E-state index is 13.5. The van der Waals surface area contributed by atoms with Crippen LogP contribution in [-0.2, 0) is 6.54 Å². The minimum absolute atomic E-state index is 0.000650. The molecule has 3 rings (SSSR count). The van der Waals surface area contributed by atoms with E-state index in [9.17, 15) is 8.78 Å². The molecule has 0 saturated carbocycles. The molecule has 0 amide bonds. The third-order valence-corrected chi connectivity index (χ3v) is 2.84. The van der Waals surface area contributed by atoms with Gasteiger partial charge in [0.15, 0.2) is 11.4 Å². The van der Waals surface area contributed by atoms with Crippen molar-refractivity contribution in [3.8, 4) is 0 Å². The minimum Gasteiger partial charge on any atom is -0.420 e. The second kappa shape index (κ2) is 4.90. The summed E-state index contributed by atoms with van der Waals surface area (Å²) < 4.78 is 32.0. The summed E-state index contributed by atoms with van der Waals surface area (Å²) in [5.41, 5.74) is 7.06. The van der Waals surface area contributed by atoms with Gasteiger partial charge in [-0.1, -0.05) is 6.07 Å². The van der Waals surface area contributed by atoms with E-state index in [1.54, 1.807) is 12.1 Å². The largest absolute Gasteiger partial charge is 0.420 e. The van der Waals surface area contributed by atoms with Gasteiger partial charge in [-0.25, -0.2) is 8.78 Å². The zero-order valence-electron chi connectivity index (χ0n) is 10.3. The van der Waals surface area contributed by atoms with Crippen molar-refractivity contribution < 1.29 is 13.2 Å². The molecular weight excluding hydrogens is 264 g/mol. The van der Waals surface area contributed by atoms with Gasteiger partial charge in [0, 0.05) is 18.3 Å². The van der Waals surface area contributed by atoms with Gasteiger partial charge in [-0.2, -0.15) is 4.98 Å². The van der Waals surface area contributed by atoms with E-state index in [0.717, 1.165) is 0 Å². The third-order valence-electron chi connectivity index (χ3n) is 2.84. The molecular formula is C14H10F2N3O. The van der Waals surface area contributed by atoms with Crippen LogP contribution in [-0.4, -0.2) is 4.98 Å². The van der Waals surface area contributed by atoms with Crippen LogP contribution in [0.1, 0.15) is 5.56 Å². The summed E-state index contributed by atoms with van der Waals surface area (Å²) in [5.74, 6) is -1.04. The molecule has 0 spiro atoms. The van der Waals surface area contributed by atoms with Crippen molar-refractivity contribution in [3.63, 3.8) is 0 Å². The maximum Gasteiger partial charge on any atom is 0.300 e. The molecule has 0 aliphatic rings. The fraction of sp³-hybridized carbons (Fsp3) is 0.0714. The van der Waals surface area contributed by atoms with Crippen LogP contribution >= 0.6 is 0 Å². The van der Waals surface area contributed by atoms with Gasteiger partial charge in [0.05, 0.1) is 0 Å². The number of hydrogen-bond acceptors (Lipinski definition) is 4. The predicted octanol–water partition coefficient (Wildman–Crippen LogP) is 3.11. The summed E-state index contributed by atoms with van der Waals surface area (Å²) in [4.78, 5) is 4.07. The fourth-order valence-electron chi connectivity index (χ4n) is 1.87. The molecule has 4 nitrogen and oxygen atoms in total. The highest BCUT2D eigenvalue weighted by atomic mass is 19.1.